The van der Waals surface area contributed by atoms with Crippen molar-refractivity contribution < 1.29 is 23.1 Å². The van der Waals surface area contributed by atoms with Crippen LogP contribution in [0.15, 0.2) is 47.4 Å². The number of benzene rings is 2. The number of rotatable bonds is 3. The maximum Gasteiger partial charge on any atom is 0.341 e. The molecule has 0 saturated carbocycles. The summed E-state index contributed by atoms with van der Waals surface area (Å²) in [6.07, 6.45) is 1.13. The van der Waals surface area contributed by atoms with E-state index in [4.69, 9.17) is 0 Å². The van der Waals surface area contributed by atoms with E-state index >= 15 is 0 Å². The number of sulfone groups is 1. The van der Waals surface area contributed by atoms with E-state index in [0.29, 0.717) is 11.1 Å². The molecule has 0 aliphatic rings. The molecule has 5 nitrogen and oxygen atoms in total. The Morgan fingerprint density at radius 2 is 1.76 bits per heavy atom. The first-order valence-electron chi connectivity index (χ1n) is 6.05. The highest BCUT2D eigenvalue weighted by molar-refractivity contribution is 7.90. The molecule has 2 aromatic rings. The zero-order valence-corrected chi connectivity index (χ0v) is 12.3. The topological polar surface area (TPSA) is 80.7 Å². The number of esters is 1. The van der Waals surface area contributed by atoms with Gasteiger partial charge in [0.15, 0.2) is 9.84 Å². The lowest BCUT2D eigenvalue weighted by molar-refractivity contribution is 0.0597. The highest BCUT2D eigenvalue weighted by atomic mass is 32.2. The highest BCUT2D eigenvalue weighted by Crippen LogP contribution is 2.27. The van der Waals surface area contributed by atoms with Crippen molar-refractivity contribution in [2.24, 2.45) is 0 Å². The van der Waals surface area contributed by atoms with Crippen LogP contribution in [0.1, 0.15) is 10.4 Å². The van der Waals surface area contributed by atoms with Gasteiger partial charge < -0.3 is 9.84 Å². The van der Waals surface area contributed by atoms with E-state index in [1.807, 2.05) is 0 Å². The van der Waals surface area contributed by atoms with Crippen LogP contribution < -0.4 is 0 Å². The lowest BCUT2D eigenvalue weighted by Crippen LogP contribution is -2.02. The number of ether oxygens (including phenoxy) is 1. The zero-order valence-electron chi connectivity index (χ0n) is 11.5. The summed E-state index contributed by atoms with van der Waals surface area (Å²) in [5, 5.41) is 9.67. The van der Waals surface area contributed by atoms with Gasteiger partial charge >= 0.3 is 5.97 Å². The molecule has 1 N–H and O–H groups in total. The number of aromatic hydroxyl groups is 1. The fourth-order valence-electron chi connectivity index (χ4n) is 1.90. The molecule has 2 rings (SSSR count). The summed E-state index contributed by atoms with van der Waals surface area (Å²) in [7, 11) is -2.09. The van der Waals surface area contributed by atoms with Crippen LogP contribution in [0.5, 0.6) is 5.75 Å². The molecule has 110 valence electrons. The van der Waals surface area contributed by atoms with Gasteiger partial charge in [0.25, 0.3) is 0 Å². The number of phenols is 1. The minimum absolute atomic E-state index is 0.0276. The van der Waals surface area contributed by atoms with Crippen molar-refractivity contribution in [1.82, 2.24) is 0 Å². The number of hydrogen-bond acceptors (Lipinski definition) is 5. The molecule has 0 radical (unpaired) electrons. The minimum atomic E-state index is -3.31. The molecule has 0 aromatic heterocycles. The van der Waals surface area contributed by atoms with Crippen LogP contribution in [0.25, 0.3) is 11.1 Å². The van der Waals surface area contributed by atoms with E-state index in [1.165, 1.54) is 31.4 Å². The average Bonchev–Trinajstić information content (AvgIpc) is 2.46. The average molecular weight is 306 g/mol. The molecule has 0 bridgehead atoms. The molecule has 0 unspecified atom stereocenters. The third-order valence-electron chi connectivity index (χ3n) is 3.00. The number of carbonyl (C=O) groups excluding carboxylic acids is 1. The SMILES string of the molecule is COC(=O)c1cc(-c2cccc(S(C)(=O)=O)c2)ccc1O. The molecule has 6 heteroatoms. The molecule has 0 saturated heterocycles. The molecule has 0 heterocycles. The summed E-state index contributed by atoms with van der Waals surface area (Å²) in [5.74, 6) is -0.849. The van der Waals surface area contributed by atoms with Crippen LogP contribution in [0.3, 0.4) is 0 Å². The van der Waals surface area contributed by atoms with E-state index < -0.39 is 15.8 Å². The summed E-state index contributed by atoms with van der Waals surface area (Å²) >= 11 is 0. The largest absolute Gasteiger partial charge is 0.507 e. The highest BCUT2D eigenvalue weighted by Gasteiger charge is 2.14. The van der Waals surface area contributed by atoms with E-state index in [9.17, 15) is 18.3 Å². The molecule has 0 amide bonds. The van der Waals surface area contributed by atoms with E-state index in [2.05, 4.69) is 4.74 Å². The number of methoxy groups -OCH3 is 1. The predicted molar refractivity (Wildman–Crippen MR) is 78.0 cm³/mol. The molecule has 0 fully saturated rings. The van der Waals surface area contributed by atoms with E-state index in [-0.39, 0.29) is 16.2 Å². The van der Waals surface area contributed by atoms with Gasteiger partial charge in [0.05, 0.1) is 12.0 Å². The van der Waals surface area contributed by atoms with Crippen molar-refractivity contribution in [2.45, 2.75) is 4.90 Å². The smallest absolute Gasteiger partial charge is 0.341 e. The molecule has 2 aromatic carbocycles. The first kappa shape index (κ1) is 15.1. The van der Waals surface area contributed by atoms with Crippen molar-refractivity contribution in [1.29, 1.82) is 0 Å². The Kier molecular flexibility index (Phi) is 3.99. The Morgan fingerprint density at radius 1 is 1.10 bits per heavy atom. The predicted octanol–water partition coefficient (Wildman–Crippen LogP) is 2.25. The van der Waals surface area contributed by atoms with Crippen LogP contribution in [-0.2, 0) is 14.6 Å². The van der Waals surface area contributed by atoms with Crippen molar-refractivity contribution in [3.63, 3.8) is 0 Å². The van der Waals surface area contributed by atoms with Gasteiger partial charge in [0.1, 0.15) is 11.3 Å². The van der Waals surface area contributed by atoms with Gasteiger partial charge in [-0.05, 0) is 35.4 Å². The summed E-state index contributed by atoms with van der Waals surface area (Å²) < 4.78 is 27.7. The van der Waals surface area contributed by atoms with Gasteiger partial charge in [-0.15, -0.1) is 0 Å². The van der Waals surface area contributed by atoms with E-state index in [0.717, 1.165) is 6.26 Å². The molecule has 0 atom stereocenters. The Bertz CT molecular complexity index is 793. The number of hydrogen-bond donors (Lipinski definition) is 1. The van der Waals surface area contributed by atoms with Gasteiger partial charge in [0.2, 0.25) is 0 Å². The van der Waals surface area contributed by atoms with Gasteiger partial charge in [-0.25, -0.2) is 13.2 Å². The summed E-state index contributed by atoms with van der Waals surface area (Å²) in [6, 6.07) is 10.8. The second-order valence-electron chi connectivity index (χ2n) is 4.52. The zero-order chi connectivity index (χ0) is 15.6. The van der Waals surface area contributed by atoms with Crippen molar-refractivity contribution in [2.75, 3.05) is 13.4 Å². The standard InChI is InChI=1S/C15H14O5S/c1-20-15(17)13-9-11(6-7-14(13)16)10-4-3-5-12(8-10)21(2,18)19/h3-9,16H,1-2H3. The molecule has 0 spiro atoms. The van der Waals surface area contributed by atoms with Crippen molar-refractivity contribution in [3.05, 3.63) is 48.0 Å². The lowest BCUT2D eigenvalue weighted by Gasteiger charge is -2.08. The molecule has 0 aliphatic heterocycles. The molecular formula is C15H14O5S. The van der Waals surface area contributed by atoms with Crippen molar-refractivity contribution >= 4 is 15.8 Å². The normalized spacial score (nSPS) is 11.1. The van der Waals surface area contributed by atoms with Gasteiger partial charge in [-0.1, -0.05) is 18.2 Å². The van der Waals surface area contributed by atoms with Crippen LogP contribution in [-0.4, -0.2) is 32.9 Å². The summed E-state index contributed by atoms with van der Waals surface area (Å²) in [5.41, 5.74) is 1.27. The van der Waals surface area contributed by atoms with Crippen molar-refractivity contribution in [3.8, 4) is 16.9 Å². The fraction of sp³-hybridized carbons (Fsp3) is 0.133. The van der Waals surface area contributed by atoms with Crippen LogP contribution in [0.4, 0.5) is 0 Å². The Labute approximate surface area is 122 Å². The van der Waals surface area contributed by atoms with Crippen LogP contribution >= 0.6 is 0 Å². The van der Waals surface area contributed by atoms with Gasteiger partial charge in [-0.3, -0.25) is 0 Å². The Morgan fingerprint density at radius 3 is 2.38 bits per heavy atom. The molecule has 21 heavy (non-hydrogen) atoms. The quantitative estimate of drug-likeness (QED) is 0.880. The van der Waals surface area contributed by atoms with Crippen LogP contribution in [0, 0.1) is 0 Å². The third kappa shape index (κ3) is 3.22. The second-order valence-corrected chi connectivity index (χ2v) is 6.54. The number of carbonyl (C=O) groups is 1. The maximum absolute atomic E-state index is 11.6. The van der Waals surface area contributed by atoms with Gasteiger partial charge in [-0.2, -0.15) is 0 Å². The summed E-state index contributed by atoms with van der Waals surface area (Å²) in [6.45, 7) is 0. The second kappa shape index (κ2) is 5.57. The first-order chi connectivity index (χ1) is 9.82. The molecular weight excluding hydrogens is 292 g/mol. The number of phenolic OH excluding ortho intramolecular Hbond substituents is 1. The van der Waals surface area contributed by atoms with Gasteiger partial charge in [0, 0.05) is 6.26 Å². The Balaban J connectivity index is 2.55. The van der Waals surface area contributed by atoms with E-state index in [1.54, 1.807) is 18.2 Å². The van der Waals surface area contributed by atoms with Crippen LogP contribution in [0.2, 0.25) is 0 Å². The Hall–Kier alpha value is -2.34. The fourth-order valence-corrected chi connectivity index (χ4v) is 2.56. The molecule has 0 aliphatic carbocycles. The lowest BCUT2D eigenvalue weighted by atomic mass is 10.0. The first-order valence-corrected chi connectivity index (χ1v) is 7.94. The minimum Gasteiger partial charge on any atom is -0.507 e. The monoisotopic (exact) mass is 306 g/mol. The summed E-state index contributed by atoms with van der Waals surface area (Å²) in [4.78, 5) is 11.8. The third-order valence-corrected chi connectivity index (χ3v) is 4.11. The maximum atomic E-state index is 11.6.